The van der Waals surface area contributed by atoms with Gasteiger partial charge in [0.2, 0.25) is 15.9 Å². The highest BCUT2D eigenvalue weighted by Crippen LogP contribution is 2.24. The van der Waals surface area contributed by atoms with Crippen LogP contribution in [-0.2, 0) is 21.4 Å². The van der Waals surface area contributed by atoms with Crippen LogP contribution in [0.5, 0.6) is 0 Å². The number of carbonyl (C=O) groups excluding carboxylic acids is 2. The third-order valence-electron chi connectivity index (χ3n) is 4.78. The number of amides is 3. The Labute approximate surface area is 169 Å². The summed E-state index contributed by atoms with van der Waals surface area (Å²) < 4.78 is 26.9. The second kappa shape index (κ2) is 9.01. The van der Waals surface area contributed by atoms with Crippen molar-refractivity contribution in [3.05, 3.63) is 54.4 Å². The summed E-state index contributed by atoms with van der Waals surface area (Å²) >= 11 is 0. The Bertz CT molecular complexity index is 956. The Balaban J connectivity index is 1.56. The number of pyridine rings is 1. The van der Waals surface area contributed by atoms with Crippen LogP contribution in [0.15, 0.2) is 53.7 Å². The molecule has 29 heavy (non-hydrogen) atoms. The summed E-state index contributed by atoms with van der Waals surface area (Å²) in [4.78, 5) is 27.3. The number of benzene rings is 1. The van der Waals surface area contributed by atoms with Crippen molar-refractivity contribution in [2.45, 2.75) is 24.3 Å². The second-order valence-electron chi connectivity index (χ2n) is 6.77. The predicted molar refractivity (Wildman–Crippen MR) is 107 cm³/mol. The third-order valence-corrected chi connectivity index (χ3v) is 6.69. The van der Waals surface area contributed by atoms with Crippen molar-refractivity contribution in [3.8, 4) is 0 Å². The number of primary amides is 1. The van der Waals surface area contributed by atoms with Crippen LogP contribution in [0.2, 0.25) is 0 Å². The summed E-state index contributed by atoms with van der Waals surface area (Å²) in [7, 11) is -3.66. The summed E-state index contributed by atoms with van der Waals surface area (Å²) in [5.41, 5.74) is 6.63. The Morgan fingerprint density at radius 3 is 2.41 bits per heavy atom. The van der Waals surface area contributed by atoms with E-state index in [2.05, 4.69) is 15.6 Å². The van der Waals surface area contributed by atoms with Crippen LogP contribution in [0.1, 0.15) is 18.4 Å². The van der Waals surface area contributed by atoms with Crippen LogP contribution in [-0.4, -0.2) is 42.7 Å². The average Bonchev–Trinajstić information content (AvgIpc) is 2.73. The normalized spacial score (nSPS) is 15.6. The molecule has 0 unspecified atom stereocenters. The maximum atomic E-state index is 12.8. The van der Waals surface area contributed by atoms with Gasteiger partial charge in [0.25, 0.3) is 0 Å². The van der Waals surface area contributed by atoms with E-state index in [0.717, 1.165) is 5.56 Å². The molecule has 9 nitrogen and oxygen atoms in total. The lowest BCUT2D eigenvalue weighted by atomic mass is 9.98. The quantitative estimate of drug-likeness (QED) is 0.651. The van der Waals surface area contributed by atoms with E-state index < -0.39 is 16.1 Å². The molecule has 0 radical (unpaired) electrons. The Morgan fingerprint density at radius 1 is 1.14 bits per heavy atom. The Morgan fingerprint density at radius 2 is 1.83 bits per heavy atom. The number of nitrogens with one attached hydrogen (secondary N) is 2. The molecule has 1 aliphatic heterocycles. The molecule has 3 amide bonds. The van der Waals surface area contributed by atoms with Gasteiger partial charge in [-0.05, 0) is 48.7 Å². The smallest absolute Gasteiger partial charge is 0.319 e. The third kappa shape index (κ3) is 5.30. The average molecular weight is 417 g/mol. The molecule has 0 aliphatic carbocycles. The van der Waals surface area contributed by atoms with Crippen molar-refractivity contribution >= 4 is 27.6 Å². The molecule has 10 heteroatoms. The van der Waals surface area contributed by atoms with Crippen LogP contribution in [0.25, 0.3) is 0 Å². The molecule has 1 fully saturated rings. The SMILES string of the molecule is NC(=O)C1CCN(S(=O)(=O)c2ccc(NC(=O)NCc3cccnc3)cc2)CC1. The van der Waals surface area contributed by atoms with Crippen molar-refractivity contribution < 1.29 is 18.0 Å². The fourth-order valence-corrected chi connectivity index (χ4v) is 4.57. The maximum Gasteiger partial charge on any atom is 0.319 e. The minimum absolute atomic E-state index is 0.136. The topological polar surface area (TPSA) is 134 Å². The summed E-state index contributed by atoms with van der Waals surface area (Å²) in [6.45, 7) is 0.840. The first-order valence-corrected chi connectivity index (χ1v) is 10.6. The first-order chi connectivity index (χ1) is 13.9. The molecular formula is C19H23N5O4S. The van der Waals surface area contributed by atoms with Gasteiger partial charge in [0.05, 0.1) is 4.90 Å². The molecule has 0 saturated carbocycles. The number of nitrogens with zero attached hydrogens (tertiary/aromatic N) is 2. The molecule has 0 spiro atoms. The summed E-state index contributed by atoms with van der Waals surface area (Å²) in [5.74, 6) is -0.669. The van der Waals surface area contributed by atoms with E-state index in [0.29, 0.717) is 25.1 Å². The number of carbonyl (C=O) groups is 2. The molecule has 1 saturated heterocycles. The molecule has 154 valence electrons. The van der Waals surface area contributed by atoms with Gasteiger partial charge in [-0.25, -0.2) is 13.2 Å². The molecule has 0 bridgehead atoms. The van der Waals surface area contributed by atoms with Gasteiger partial charge < -0.3 is 16.4 Å². The number of sulfonamides is 1. The van der Waals surface area contributed by atoms with Crippen LogP contribution < -0.4 is 16.4 Å². The minimum Gasteiger partial charge on any atom is -0.369 e. The van der Waals surface area contributed by atoms with Crippen molar-refractivity contribution in [2.24, 2.45) is 11.7 Å². The van der Waals surface area contributed by atoms with Crippen LogP contribution in [0.4, 0.5) is 10.5 Å². The number of rotatable bonds is 6. The highest BCUT2D eigenvalue weighted by molar-refractivity contribution is 7.89. The van der Waals surface area contributed by atoms with Gasteiger partial charge in [0, 0.05) is 43.6 Å². The number of nitrogens with two attached hydrogens (primary N) is 1. The molecule has 4 N–H and O–H groups in total. The highest BCUT2D eigenvalue weighted by Gasteiger charge is 2.31. The Kier molecular flexibility index (Phi) is 6.45. The summed E-state index contributed by atoms with van der Waals surface area (Å²) in [5, 5.41) is 5.36. The van der Waals surface area contributed by atoms with Gasteiger partial charge in [0.15, 0.2) is 0 Å². The lowest BCUT2D eigenvalue weighted by molar-refractivity contribution is -0.122. The molecule has 3 rings (SSSR count). The van der Waals surface area contributed by atoms with E-state index in [4.69, 9.17) is 5.73 Å². The van der Waals surface area contributed by atoms with Crippen molar-refractivity contribution in [3.63, 3.8) is 0 Å². The number of hydrogen-bond acceptors (Lipinski definition) is 5. The largest absolute Gasteiger partial charge is 0.369 e. The number of anilines is 1. The van der Waals surface area contributed by atoms with E-state index in [9.17, 15) is 18.0 Å². The van der Waals surface area contributed by atoms with E-state index in [1.807, 2.05) is 6.07 Å². The number of hydrogen-bond donors (Lipinski definition) is 3. The maximum absolute atomic E-state index is 12.8. The monoisotopic (exact) mass is 417 g/mol. The lowest BCUT2D eigenvalue weighted by Crippen LogP contribution is -2.41. The fraction of sp³-hybridized carbons (Fsp3) is 0.316. The molecule has 0 atom stereocenters. The van der Waals surface area contributed by atoms with Gasteiger partial charge in [-0.3, -0.25) is 9.78 Å². The van der Waals surface area contributed by atoms with E-state index >= 15 is 0 Å². The zero-order valence-electron chi connectivity index (χ0n) is 15.7. The van der Waals surface area contributed by atoms with Crippen molar-refractivity contribution in [1.82, 2.24) is 14.6 Å². The van der Waals surface area contributed by atoms with E-state index in [-0.39, 0.29) is 29.8 Å². The Hall–Kier alpha value is -2.98. The molecule has 2 heterocycles. The first-order valence-electron chi connectivity index (χ1n) is 9.19. The molecule has 1 aromatic carbocycles. The van der Waals surface area contributed by atoms with E-state index in [1.165, 1.54) is 28.6 Å². The van der Waals surface area contributed by atoms with Crippen molar-refractivity contribution in [1.29, 1.82) is 0 Å². The van der Waals surface area contributed by atoms with E-state index in [1.54, 1.807) is 18.5 Å². The van der Waals surface area contributed by atoms with Gasteiger partial charge >= 0.3 is 6.03 Å². The van der Waals surface area contributed by atoms with Gasteiger partial charge in [0.1, 0.15) is 0 Å². The van der Waals surface area contributed by atoms with Crippen LogP contribution in [0.3, 0.4) is 0 Å². The minimum atomic E-state index is -3.66. The second-order valence-corrected chi connectivity index (χ2v) is 8.71. The lowest BCUT2D eigenvalue weighted by Gasteiger charge is -2.29. The number of piperidine rings is 1. The van der Waals surface area contributed by atoms with Crippen molar-refractivity contribution in [2.75, 3.05) is 18.4 Å². The number of aromatic nitrogens is 1. The predicted octanol–water partition coefficient (Wildman–Crippen LogP) is 1.29. The zero-order valence-corrected chi connectivity index (χ0v) is 16.6. The number of urea groups is 1. The van der Waals surface area contributed by atoms with Crippen LogP contribution in [0, 0.1) is 5.92 Å². The first kappa shape index (κ1) is 20.7. The summed E-state index contributed by atoms with van der Waals surface area (Å²) in [6, 6.07) is 9.19. The zero-order chi connectivity index (χ0) is 20.9. The summed E-state index contributed by atoms with van der Waals surface area (Å²) in [6.07, 6.45) is 4.15. The molecule has 1 aliphatic rings. The van der Waals surface area contributed by atoms with Gasteiger partial charge in [-0.1, -0.05) is 6.07 Å². The molecule has 2 aromatic rings. The fourth-order valence-electron chi connectivity index (χ4n) is 3.10. The van der Waals surface area contributed by atoms with Gasteiger partial charge in [-0.15, -0.1) is 0 Å². The highest BCUT2D eigenvalue weighted by atomic mass is 32.2. The van der Waals surface area contributed by atoms with Crippen LogP contribution >= 0.6 is 0 Å². The van der Waals surface area contributed by atoms with Gasteiger partial charge in [-0.2, -0.15) is 4.31 Å². The standard InChI is InChI=1S/C19H23N5O4S/c20-18(25)15-7-10-24(11-8-15)29(27,28)17-5-3-16(4-6-17)23-19(26)22-13-14-2-1-9-21-12-14/h1-6,9,12,15H,7-8,10-11,13H2,(H2,20,25)(H2,22,23,26). The molecule has 1 aromatic heterocycles. The molecular weight excluding hydrogens is 394 g/mol.